The molecule has 2 aromatic rings. The molecular weight excluding hydrogens is 282 g/mol. The summed E-state index contributed by atoms with van der Waals surface area (Å²) in [6.45, 7) is 6.64. The molecule has 21 heavy (non-hydrogen) atoms. The van der Waals surface area contributed by atoms with Crippen molar-refractivity contribution < 1.29 is 0 Å². The summed E-state index contributed by atoms with van der Waals surface area (Å²) in [7, 11) is 0. The highest BCUT2D eigenvalue weighted by molar-refractivity contribution is 6.20. The monoisotopic (exact) mass is 303 g/mol. The molecule has 2 aliphatic heterocycles. The Hall–Kier alpha value is -1.06. The number of alkyl halides is 1. The number of nitrogens with zero attached hydrogens (tertiary/aromatic N) is 3. The second-order valence-electron chi connectivity index (χ2n) is 6.55. The Balaban J connectivity index is 1.88. The third kappa shape index (κ3) is 2.09. The van der Waals surface area contributed by atoms with Crippen LogP contribution in [0.1, 0.15) is 49.0 Å². The minimum Gasteiger partial charge on any atom is -0.322 e. The van der Waals surface area contributed by atoms with Gasteiger partial charge in [0.2, 0.25) is 0 Å². The van der Waals surface area contributed by atoms with E-state index < -0.39 is 0 Å². The molecule has 4 rings (SSSR count). The van der Waals surface area contributed by atoms with Gasteiger partial charge >= 0.3 is 0 Å². The lowest BCUT2D eigenvalue weighted by Gasteiger charge is -2.24. The zero-order valence-corrected chi connectivity index (χ0v) is 13.5. The van der Waals surface area contributed by atoms with Gasteiger partial charge in [0.15, 0.2) is 0 Å². The fourth-order valence-electron chi connectivity index (χ4n) is 4.21. The van der Waals surface area contributed by atoms with E-state index in [9.17, 15) is 0 Å². The van der Waals surface area contributed by atoms with Gasteiger partial charge < -0.3 is 4.57 Å². The number of aromatic nitrogens is 2. The molecular formula is C17H22ClN3. The molecule has 0 bridgehead atoms. The second kappa shape index (κ2) is 4.99. The second-order valence-corrected chi connectivity index (χ2v) is 7.20. The molecule has 1 aromatic heterocycles. The van der Waals surface area contributed by atoms with Gasteiger partial charge in [0.1, 0.15) is 5.82 Å². The molecule has 2 fully saturated rings. The number of benzene rings is 1. The first-order valence-corrected chi connectivity index (χ1v) is 8.45. The van der Waals surface area contributed by atoms with E-state index >= 15 is 0 Å². The van der Waals surface area contributed by atoms with Crippen LogP contribution in [0.4, 0.5) is 0 Å². The molecule has 3 atom stereocenters. The highest BCUT2D eigenvalue weighted by Gasteiger charge is 2.39. The molecule has 0 aliphatic carbocycles. The average Bonchev–Trinajstić information content (AvgIpc) is 3.10. The van der Waals surface area contributed by atoms with Crippen molar-refractivity contribution in [3.63, 3.8) is 0 Å². The number of fused-ring (bicyclic) bond motifs is 2. The lowest BCUT2D eigenvalue weighted by molar-refractivity contribution is 0.290. The fourth-order valence-corrected chi connectivity index (χ4v) is 4.37. The van der Waals surface area contributed by atoms with Gasteiger partial charge in [0, 0.05) is 12.6 Å². The Labute approximate surface area is 130 Å². The standard InChI is InChI=1S/C17H22ClN3/c1-11-5-6-14-13(10-11)19-17(12(2)18)21(14)16-7-9-20-8-3-4-15(16)20/h5-6,10,12,15-16H,3-4,7-9H2,1-2H3. The molecule has 0 N–H and O–H groups in total. The van der Waals surface area contributed by atoms with Crippen LogP contribution in [-0.2, 0) is 0 Å². The van der Waals surface area contributed by atoms with Crippen molar-refractivity contribution in [2.24, 2.45) is 0 Å². The Bertz CT molecular complexity index is 676. The largest absolute Gasteiger partial charge is 0.322 e. The summed E-state index contributed by atoms with van der Waals surface area (Å²) in [4.78, 5) is 7.49. The molecule has 1 aromatic carbocycles. The molecule has 3 nitrogen and oxygen atoms in total. The highest BCUT2D eigenvalue weighted by atomic mass is 35.5. The Morgan fingerprint density at radius 1 is 1.24 bits per heavy atom. The third-order valence-electron chi connectivity index (χ3n) is 5.13. The van der Waals surface area contributed by atoms with E-state index in [1.165, 1.54) is 43.4 Å². The first-order chi connectivity index (χ1) is 10.1. The zero-order valence-electron chi connectivity index (χ0n) is 12.7. The van der Waals surface area contributed by atoms with Crippen molar-refractivity contribution in [3.05, 3.63) is 29.6 Å². The summed E-state index contributed by atoms with van der Waals surface area (Å²) in [5.41, 5.74) is 3.60. The van der Waals surface area contributed by atoms with Gasteiger partial charge in [-0.2, -0.15) is 0 Å². The lowest BCUT2D eigenvalue weighted by atomic mass is 10.1. The molecule has 0 amide bonds. The highest BCUT2D eigenvalue weighted by Crippen LogP contribution is 2.40. The van der Waals surface area contributed by atoms with Crippen LogP contribution in [0, 0.1) is 6.92 Å². The normalized spacial score (nSPS) is 27.4. The first-order valence-electron chi connectivity index (χ1n) is 8.02. The van der Waals surface area contributed by atoms with Crippen LogP contribution in [0.15, 0.2) is 18.2 Å². The Kier molecular flexibility index (Phi) is 3.23. The van der Waals surface area contributed by atoms with Crippen LogP contribution in [0.5, 0.6) is 0 Å². The Morgan fingerprint density at radius 2 is 2.10 bits per heavy atom. The topological polar surface area (TPSA) is 21.1 Å². The fraction of sp³-hybridized carbons (Fsp3) is 0.588. The van der Waals surface area contributed by atoms with Gasteiger partial charge in [-0.05, 0) is 57.4 Å². The van der Waals surface area contributed by atoms with E-state index in [-0.39, 0.29) is 5.38 Å². The molecule has 0 spiro atoms. The lowest BCUT2D eigenvalue weighted by Crippen LogP contribution is -2.28. The maximum absolute atomic E-state index is 6.44. The first kappa shape index (κ1) is 13.6. The average molecular weight is 304 g/mol. The molecule has 112 valence electrons. The zero-order chi connectivity index (χ0) is 14.6. The number of imidazole rings is 1. The molecule has 2 saturated heterocycles. The maximum atomic E-state index is 6.44. The summed E-state index contributed by atoms with van der Waals surface area (Å²) in [5.74, 6) is 1.04. The van der Waals surface area contributed by atoms with E-state index in [0.717, 1.165) is 11.3 Å². The SMILES string of the molecule is Cc1ccc2c(c1)nc(C(C)Cl)n2C1CCN2CCCC12. The van der Waals surface area contributed by atoms with E-state index in [4.69, 9.17) is 16.6 Å². The summed E-state index contributed by atoms with van der Waals surface area (Å²) in [6.07, 6.45) is 3.87. The molecule has 4 heteroatoms. The summed E-state index contributed by atoms with van der Waals surface area (Å²) >= 11 is 6.44. The predicted molar refractivity (Wildman–Crippen MR) is 87.0 cm³/mol. The van der Waals surface area contributed by atoms with Crippen molar-refractivity contribution in [3.8, 4) is 0 Å². The molecule has 0 radical (unpaired) electrons. The van der Waals surface area contributed by atoms with Gasteiger partial charge in [-0.1, -0.05) is 6.07 Å². The van der Waals surface area contributed by atoms with Crippen LogP contribution in [0.2, 0.25) is 0 Å². The summed E-state index contributed by atoms with van der Waals surface area (Å²) in [6, 6.07) is 7.80. The number of aryl methyl sites for hydroxylation is 1. The van der Waals surface area contributed by atoms with Gasteiger partial charge in [0.25, 0.3) is 0 Å². The van der Waals surface area contributed by atoms with E-state index in [2.05, 4.69) is 34.6 Å². The molecule has 3 unspecified atom stereocenters. The van der Waals surface area contributed by atoms with Crippen molar-refractivity contribution in [1.29, 1.82) is 0 Å². The van der Waals surface area contributed by atoms with Crippen LogP contribution < -0.4 is 0 Å². The number of halogens is 1. The minimum atomic E-state index is -0.0480. The van der Waals surface area contributed by atoms with Crippen LogP contribution >= 0.6 is 11.6 Å². The third-order valence-corrected chi connectivity index (χ3v) is 5.33. The number of rotatable bonds is 2. The van der Waals surface area contributed by atoms with Crippen LogP contribution in [-0.4, -0.2) is 33.6 Å². The maximum Gasteiger partial charge on any atom is 0.128 e. The van der Waals surface area contributed by atoms with Crippen molar-refractivity contribution >= 4 is 22.6 Å². The smallest absolute Gasteiger partial charge is 0.128 e. The summed E-state index contributed by atoms with van der Waals surface area (Å²) < 4.78 is 2.45. The van der Waals surface area contributed by atoms with Crippen molar-refractivity contribution in [2.45, 2.75) is 50.6 Å². The van der Waals surface area contributed by atoms with E-state index in [1.807, 2.05) is 6.92 Å². The number of hydrogen-bond acceptors (Lipinski definition) is 2. The van der Waals surface area contributed by atoms with E-state index in [0.29, 0.717) is 12.1 Å². The van der Waals surface area contributed by atoms with E-state index in [1.54, 1.807) is 0 Å². The quantitative estimate of drug-likeness (QED) is 0.780. The van der Waals surface area contributed by atoms with Gasteiger partial charge in [-0.15, -0.1) is 11.6 Å². The molecule has 3 heterocycles. The molecule has 2 aliphatic rings. The van der Waals surface area contributed by atoms with Crippen LogP contribution in [0.3, 0.4) is 0 Å². The van der Waals surface area contributed by atoms with Gasteiger partial charge in [0.05, 0.1) is 22.5 Å². The van der Waals surface area contributed by atoms with Crippen molar-refractivity contribution in [2.75, 3.05) is 13.1 Å². The minimum absolute atomic E-state index is 0.0480. The van der Waals surface area contributed by atoms with Crippen LogP contribution in [0.25, 0.3) is 11.0 Å². The number of hydrogen-bond donors (Lipinski definition) is 0. The van der Waals surface area contributed by atoms with Gasteiger partial charge in [-0.25, -0.2) is 4.98 Å². The Morgan fingerprint density at radius 3 is 2.90 bits per heavy atom. The van der Waals surface area contributed by atoms with Crippen molar-refractivity contribution in [1.82, 2.24) is 14.5 Å². The summed E-state index contributed by atoms with van der Waals surface area (Å²) in [5, 5.41) is -0.0480. The molecule has 0 saturated carbocycles. The predicted octanol–water partition coefficient (Wildman–Crippen LogP) is 4.05. The van der Waals surface area contributed by atoms with Gasteiger partial charge in [-0.3, -0.25) is 4.90 Å².